The Labute approximate surface area is 131 Å². The zero-order valence-corrected chi connectivity index (χ0v) is 12.5. The van der Waals surface area contributed by atoms with Crippen molar-refractivity contribution in [3.05, 3.63) is 52.5 Å². The number of para-hydroxylation sites is 1. The Bertz CT molecular complexity index is 858. The number of nitrogens with zero attached hydrogens (tertiary/aromatic N) is 1. The van der Waals surface area contributed by atoms with Gasteiger partial charge in [-0.2, -0.15) is 4.98 Å². The fourth-order valence-corrected chi connectivity index (χ4v) is 2.44. The SMILES string of the molecule is Cc1cccc2oc(Nc3ccc(CC(=O)[O-])cc3Cl)nc12. The van der Waals surface area contributed by atoms with Crippen LogP contribution in [0, 0.1) is 6.92 Å². The van der Waals surface area contributed by atoms with Gasteiger partial charge in [-0.15, -0.1) is 0 Å². The molecule has 1 heterocycles. The van der Waals surface area contributed by atoms with Crippen molar-refractivity contribution in [1.29, 1.82) is 0 Å². The summed E-state index contributed by atoms with van der Waals surface area (Å²) < 4.78 is 5.62. The molecule has 0 bridgehead atoms. The first-order valence-corrected chi connectivity index (χ1v) is 7.02. The highest BCUT2D eigenvalue weighted by molar-refractivity contribution is 6.33. The predicted molar refractivity (Wildman–Crippen MR) is 82.2 cm³/mol. The van der Waals surface area contributed by atoms with Crippen LogP contribution in [-0.4, -0.2) is 11.0 Å². The molecule has 3 rings (SSSR count). The average Bonchev–Trinajstić information content (AvgIpc) is 2.85. The highest BCUT2D eigenvalue weighted by Crippen LogP contribution is 2.29. The van der Waals surface area contributed by atoms with Gasteiger partial charge in [0.05, 0.1) is 10.7 Å². The van der Waals surface area contributed by atoms with Gasteiger partial charge in [-0.1, -0.05) is 29.8 Å². The van der Waals surface area contributed by atoms with Crippen LogP contribution >= 0.6 is 11.6 Å². The molecule has 0 aliphatic heterocycles. The van der Waals surface area contributed by atoms with Crippen LogP contribution in [-0.2, 0) is 11.2 Å². The van der Waals surface area contributed by atoms with Gasteiger partial charge in [-0.3, -0.25) is 0 Å². The molecule has 0 spiro atoms. The number of aliphatic carboxylic acids is 1. The Kier molecular flexibility index (Phi) is 3.73. The molecule has 0 aliphatic carbocycles. The predicted octanol–water partition coefficient (Wildman–Crippen LogP) is 2.83. The van der Waals surface area contributed by atoms with E-state index in [1.54, 1.807) is 18.2 Å². The number of hydrogen-bond donors (Lipinski definition) is 1. The average molecular weight is 316 g/mol. The molecule has 0 amide bonds. The largest absolute Gasteiger partial charge is 0.550 e. The molecule has 0 unspecified atom stereocenters. The number of fused-ring (bicyclic) bond motifs is 1. The molecule has 0 atom stereocenters. The zero-order chi connectivity index (χ0) is 15.7. The fourth-order valence-electron chi connectivity index (χ4n) is 2.19. The maximum absolute atomic E-state index is 10.6. The summed E-state index contributed by atoms with van der Waals surface area (Å²) in [5, 5.41) is 14.0. The Morgan fingerprint density at radius 1 is 1.36 bits per heavy atom. The number of oxazole rings is 1. The quantitative estimate of drug-likeness (QED) is 0.801. The lowest BCUT2D eigenvalue weighted by Crippen LogP contribution is -2.24. The molecular formula is C16H12ClN2O3-. The van der Waals surface area contributed by atoms with Crippen molar-refractivity contribution in [3.8, 4) is 0 Å². The lowest BCUT2D eigenvalue weighted by Gasteiger charge is -2.07. The van der Waals surface area contributed by atoms with Crippen molar-refractivity contribution in [1.82, 2.24) is 4.98 Å². The first kappa shape index (κ1) is 14.4. The number of hydrogen-bond acceptors (Lipinski definition) is 5. The Balaban J connectivity index is 1.88. The second-order valence-corrected chi connectivity index (χ2v) is 5.34. The number of aryl methyl sites for hydroxylation is 1. The van der Waals surface area contributed by atoms with Crippen LogP contribution in [0.25, 0.3) is 11.1 Å². The molecular weight excluding hydrogens is 304 g/mol. The van der Waals surface area contributed by atoms with Gasteiger partial charge < -0.3 is 19.6 Å². The minimum absolute atomic E-state index is 0.178. The zero-order valence-electron chi connectivity index (χ0n) is 11.7. The molecule has 22 heavy (non-hydrogen) atoms. The molecule has 0 fully saturated rings. The molecule has 2 aromatic carbocycles. The van der Waals surface area contributed by atoms with Crippen LogP contribution in [0.1, 0.15) is 11.1 Å². The van der Waals surface area contributed by atoms with E-state index in [2.05, 4.69) is 10.3 Å². The van der Waals surface area contributed by atoms with Gasteiger partial charge >= 0.3 is 0 Å². The number of carboxylic acids is 1. The van der Waals surface area contributed by atoms with Crippen LogP contribution in [0.3, 0.4) is 0 Å². The summed E-state index contributed by atoms with van der Waals surface area (Å²) in [6.07, 6.45) is -0.178. The second kappa shape index (κ2) is 5.69. The van der Waals surface area contributed by atoms with Crippen LogP contribution in [0.15, 0.2) is 40.8 Å². The maximum atomic E-state index is 10.6. The standard InChI is InChI=1S/C16H13ClN2O3/c1-9-3-2-4-13-15(9)19-16(22-13)18-12-6-5-10(7-11(12)17)8-14(20)21/h2-7H,8H2,1H3,(H,18,19)(H,20,21)/p-1. The fraction of sp³-hybridized carbons (Fsp3) is 0.125. The van der Waals surface area contributed by atoms with Crippen molar-refractivity contribution in [2.75, 3.05) is 5.32 Å². The maximum Gasteiger partial charge on any atom is 0.300 e. The molecule has 3 aromatic rings. The normalized spacial score (nSPS) is 10.8. The number of halogens is 1. The van der Waals surface area contributed by atoms with E-state index in [0.29, 0.717) is 27.9 Å². The summed E-state index contributed by atoms with van der Waals surface area (Å²) in [4.78, 5) is 15.0. The number of benzene rings is 2. The molecule has 6 heteroatoms. The van der Waals surface area contributed by atoms with Crippen molar-refractivity contribution in [2.24, 2.45) is 0 Å². The number of rotatable bonds is 4. The van der Waals surface area contributed by atoms with Crippen LogP contribution in [0.4, 0.5) is 11.7 Å². The Morgan fingerprint density at radius 3 is 2.86 bits per heavy atom. The monoisotopic (exact) mass is 315 g/mol. The third-order valence-corrected chi connectivity index (χ3v) is 3.56. The number of carbonyl (C=O) groups is 1. The van der Waals surface area contributed by atoms with Gasteiger partial charge in [0.1, 0.15) is 5.52 Å². The molecule has 0 saturated carbocycles. The highest BCUT2D eigenvalue weighted by atomic mass is 35.5. The third-order valence-electron chi connectivity index (χ3n) is 3.24. The van der Waals surface area contributed by atoms with Crippen molar-refractivity contribution < 1.29 is 14.3 Å². The molecule has 0 radical (unpaired) electrons. The lowest BCUT2D eigenvalue weighted by molar-refractivity contribution is -0.304. The molecule has 1 N–H and O–H groups in total. The number of anilines is 2. The summed E-state index contributed by atoms with van der Waals surface area (Å²) in [5.41, 5.74) is 3.66. The van der Waals surface area contributed by atoms with E-state index < -0.39 is 5.97 Å². The van der Waals surface area contributed by atoms with Crippen molar-refractivity contribution in [3.63, 3.8) is 0 Å². The number of carbonyl (C=O) groups excluding carboxylic acids is 1. The Hall–Kier alpha value is -2.53. The number of aromatic nitrogens is 1. The second-order valence-electron chi connectivity index (χ2n) is 4.93. The topological polar surface area (TPSA) is 78.2 Å². The molecule has 0 saturated heterocycles. The van der Waals surface area contributed by atoms with E-state index in [-0.39, 0.29) is 6.42 Å². The first-order chi connectivity index (χ1) is 10.5. The van der Waals surface area contributed by atoms with Crippen molar-refractivity contribution >= 4 is 40.4 Å². The van der Waals surface area contributed by atoms with E-state index in [1.165, 1.54) is 0 Å². The van der Waals surface area contributed by atoms with Crippen LogP contribution in [0.2, 0.25) is 5.02 Å². The van der Waals surface area contributed by atoms with Gasteiger partial charge in [0.15, 0.2) is 5.58 Å². The summed E-state index contributed by atoms with van der Waals surface area (Å²) in [6.45, 7) is 1.95. The minimum Gasteiger partial charge on any atom is -0.550 e. The van der Waals surface area contributed by atoms with E-state index in [1.807, 2.05) is 25.1 Å². The summed E-state index contributed by atoms with van der Waals surface area (Å²) in [6, 6.07) is 10.9. The lowest BCUT2D eigenvalue weighted by atomic mass is 10.1. The van der Waals surface area contributed by atoms with Gasteiger partial charge in [0.25, 0.3) is 6.01 Å². The smallest absolute Gasteiger partial charge is 0.300 e. The third kappa shape index (κ3) is 2.89. The number of carboxylic acid groups (broad SMARTS) is 1. The molecule has 112 valence electrons. The molecule has 1 aromatic heterocycles. The minimum atomic E-state index is -1.15. The Morgan fingerprint density at radius 2 is 2.18 bits per heavy atom. The summed E-state index contributed by atoms with van der Waals surface area (Å²) in [7, 11) is 0. The van der Waals surface area contributed by atoms with Crippen LogP contribution in [0.5, 0.6) is 0 Å². The van der Waals surface area contributed by atoms with Gasteiger partial charge in [-0.25, -0.2) is 0 Å². The first-order valence-electron chi connectivity index (χ1n) is 6.64. The van der Waals surface area contributed by atoms with E-state index >= 15 is 0 Å². The van der Waals surface area contributed by atoms with Gasteiger partial charge in [0, 0.05) is 12.4 Å². The number of nitrogens with one attached hydrogen (secondary N) is 1. The van der Waals surface area contributed by atoms with E-state index in [4.69, 9.17) is 16.0 Å². The van der Waals surface area contributed by atoms with Crippen molar-refractivity contribution in [2.45, 2.75) is 13.3 Å². The van der Waals surface area contributed by atoms with Gasteiger partial charge in [-0.05, 0) is 36.2 Å². The summed E-state index contributed by atoms with van der Waals surface area (Å²) in [5.74, 6) is -1.15. The van der Waals surface area contributed by atoms with E-state index in [0.717, 1.165) is 11.1 Å². The molecule has 0 aliphatic rings. The van der Waals surface area contributed by atoms with E-state index in [9.17, 15) is 9.90 Å². The molecule has 5 nitrogen and oxygen atoms in total. The van der Waals surface area contributed by atoms with Gasteiger partial charge in [0.2, 0.25) is 0 Å². The summed E-state index contributed by atoms with van der Waals surface area (Å²) >= 11 is 6.15. The van der Waals surface area contributed by atoms with Crippen LogP contribution < -0.4 is 10.4 Å². The highest BCUT2D eigenvalue weighted by Gasteiger charge is 2.10.